The fourth-order valence-corrected chi connectivity index (χ4v) is 2.79. The molecule has 0 saturated heterocycles. The van der Waals surface area contributed by atoms with Crippen LogP contribution in [0.2, 0.25) is 10.2 Å². The molecule has 0 radical (unpaired) electrons. The molecule has 6 nitrogen and oxygen atoms in total. The Balaban J connectivity index is 2.39. The molecule has 0 spiro atoms. The van der Waals surface area contributed by atoms with Gasteiger partial charge >= 0.3 is 0 Å². The van der Waals surface area contributed by atoms with E-state index in [4.69, 9.17) is 27.9 Å². The van der Waals surface area contributed by atoms with Crippen molar-refractivity contribution >= 4 is 39.0 Å². The Morgan fingerprint density at radius 3 is 2.62 bits per heavy atom. The Kier molecular flexibility index (Phi) is 4.50. The standard InChI is InChI=1S/C11H8Cl2FN3O3S/c1-20-8-3-2-6(4-7(8)14)21(18,19)17-11-9(12)10(13)15-5-16-11/h2-5H,1H3,(H,15,16,17). The predicted molar refractivity (Wildman–Crippen MR) is 75.8 cm³/mol. The highest BCUT2D eigenvalue weighted by molar-refractivity contribution is 7.92. The minimum atomic E-state index is -4.08. The van der Waals surface area contributed by atoms with E-state index in [2.05, 4.69) is 14.7 Å². The van der Waals surface area contributed by atoms with Crippen molar-refractivity contribution in [2.45, 2.75) is 4.90 Å². The Morgan fingerprint density at radius 1 is 1.29 bits per heavy atom. The molecule has 112 valence electrons. The van der Waals surface area contributed by atoms with Crippen LogP contribution in [0.5, 0.6) is 5.75 Å². The van der Waals surface area contributed by atoms with E-state index < -0.39 is 15.8 Å². The molecule has 0 aliphatic carbocycles. The number of aromatic nitrogens is 2. The van der Waals surface area contributed by atoms with Gasteiger partial charge in [0.25, 0.3) is 10.0 Å². The molecule has 10 heteroatoms. The van der Waals surface area contributed by atoms with Gasteiger partial charge in [-0.3, -0.25) is 4.72 Å². The maximum atomic E-state index is 13.6. The SMILES string of the molecule is COc1ccc(S(=O)(=O)Nc2ncnc(Cl)c2Cl)cc1F. The molecule has 0 aliphatic rings. The van der Waals surface area contributed by atoms with Crippen LogP contribution < -0.4 is 9.46 Å². The van der Waals surface area contributed by atoms with Crippen molar-refractivity contribution in [3.8, 4) is 5.75 Å². The fraction of sp³-hybridized carbons (Fsp3) is 0.0909. The summed E-state index contributed by atoms with van der Waals surface area (Å²) in [6.45, 7) is 0. The van der Waals surface area contributed by atoms with Gasteiger partial charge in [-0.15, -0.1) is 0 Å². The van der Waals surface area contributed by atoms with Gasteiger partial charge in [0.05, 0.1) is 12.0 Å². The molecule has 1 N–H and O–H groups in total. The number of halogens is 3. The van der Waals surface area contributed by atoms with E-state index in [9.17, 15) is 12.8 Å². The van der Waals surface area contributed by atoms with E-state index in [-0.39, 0.29) is 26.6 Å². The smallest absolute Gasteiger partial charge is 0.263 e. The van der Waals surface area contributed by atoms with Gasteiger partial charge in [0.2, 0.25) is 0 Å². The molecule has 2 rings (SSSR count). The average Bonchev–Trinajstić information content (AvgIpc) is 2.43. The number of hydrogen-bond donors (Lipinski definition) is 1. The summed E-state index contributed by atoms with van der Waals surface area (Å²) >= 11 is 11.4. The largest absolute Gasteiger partial charge is 0.494 e. The second-order valence-electron chi connectivity index (χ2n) is 3.73. The van der Waals surface area contributed by atoms with Gasteiger partial charge in [0.15, 0.2) is 22.5 Å². The minimum absolute atomic E-state index is 0.0722. The second-order valence-corrected chi connectivity index (χ2v) is 6.15. The molecule has 0 saturated carbocycles. The first-order valence-corrected chi connectivity index (χ1v) is 7.61. The van der Waals surface area contributed by atoms with Crippen LogP contribution in [0.4, 0.5) is 10.2 Å². The number of rotatable bonds is 4. The summed E-state index contributed by atoms with van der Waals surface area (Å²) in [6.07, 6.45) is 1.04. The van der Waals surface area contributed by atoms with Gasteiger partial charge in [-0.25, -0.2) is 22.8 Å². The van der Waals surface area contributed by atoms with Crippen molar-refractivity contribution in [2.75, 3.05) is 11.8 Å². The minimum Gasteiger partial charge on any atom is -0.494 e. The number of ether oxygens (including phenoxy) is 1. The third-order valence-corrected chi connectivity index (χ3v) is 4.49. The Bertz CT molecular complexity index is 786. The summed E-state index contributed by atoms with van der Waals surface area (Å²) in [7, 11) is -2.81. The highest BCUT2D eigenvalue weighted by atomic mass is 35.5. The molecule has 2 aromatic rings. The summed E-state index contributed by atoms with van der Waals surface area (Å²) in [6, 6.07) is 3.19. The summed E-state index contributed by atoms with van der Waals surface area (Å²) in [5, 5.41) is -0.262. The normalized spacial score (nSPS) is 11.2. The number of sulfonamides is 1. The lowest BCUT2D eigenvalue weighted by Gasteiger charge is -2.10. The van der Waals surface area contributed by atoms with Gasteiger partial charge in [-0.2, -0.15) is 0 Å². The van der Waals surface area contributed by atoms with Gasteiger partial charge in [0.1, 0.15) is 11.3 Å². The van der Waals surface area contributed by atoms with Gasteiger partial charge in [-0.1, -0.05) is 23.2 Å². The summed E-state index contributed by atoms with van der Waals surface area (Å²) < 4.78 is 44.7. The molecule has 0 bridgehead atoms. The summed E-state index contributed by atoms with van der Waals surface area (Å²) in [5.41, 5.74) is 0. The van der Waals surface area contributed by atoms with E-state index in [0.717, 1.165) is 12.4 Å². The highest BCUT2D eigenvalue weighted by Gasteiger charge is 2.19. The Morgan fingerprint density at radius 2 is 2.00 bits per heavy atom. The third-order valence-electron chi connectivity index (χ3n) is 2.41. The van der Waals surface area contributed by atoms with Crippen LogP contribution in [0.3, 0.4) is 0 Å². The monoisotopic (exact) mass is 351 g/mol. The number of anilines is 1. The fourth-order valence-electron chi connectivity index (χ4n) is 1.42. The average molecular weight is 352 g/mol. The van der Waals surface area contributed by atoms with Crippen molar-refractivity contribution in [2.24, 2.45) is 0 Å². The van der Waals surface area contributed by atoms with Gasteiger partial charge < -0.3 is 4.74 Å². The first-order valence-electron chi connectivity index (χ1n) is 5.37. The van der Waals surface area contributed by atoms with Crippen LogP contribution in [-0.4, -0.2) is 25.5 Å². The molecule has 21 heavy (non-hydrogen) atoms. The number of benzene rings is 1. The van der Waals surface area contributed by atoms with Crippen LogP contribution in [0.25, 0.3) is 0 Å². The van der Waals surface area contributed by atoms with Crippen molar-refractivity contribution in [3.05, 3.63) is 40.5 Å². The maximum Gasteiger partial charge on any atom is 0.263 e. The first-order chi connectivity index (χ1) is 9.85. The van der Waals surface area contributed by atoms with Crippen molar-refractivity contribution in [1.29, 1.82) is 0 Å². The van der Waals surface area contributed by atoms with E-state index in [0.29, 0.717) is 0 Å². The van der Waals surface area contributed by atoms with E-state index >= 15 is 0 Å². The molecule has 0 amide bonds. The number of methoxy groups -OCH3 is 1. The molecule has 1 aromatic carbocycles. The van der Waals surface area contributed by atoms with E-state index in [1.165, 1.54) is 19.2 Å². The summed E-state index contributed by atoms with van der Waals surface area (Å²) in [5.74, 6) is -1.09. The summed E-state index contributed by atoms with van der Waals surface area (Å²) in [4.78, 5) is 6.95. The Hall–Kier alpha value is -1.64. The zero-order valence-electron chi connectivity index (χ0n) is 10.5. The zero-order chi connectivity index (χ0) is 15.6. The van der Waals surface area contributed by atoms with Crippen LogP contribution in [0.1, 0.15) is 0 Å². The topological polar surface area (TPSA) is 81.2 Å². The molecule has 0 aliphatic heterocycles. The zero-order valence-corrected chi connectivity index (χ0v) is 12.8. The quantitative estimate of drug-likeness (QED) is 0.856. The number of nitrogens with zero attached hydrogens (tertiary/aromatic N) is 2. The lowest BCUT2D eigenvalue weighted by Crippen LogP contribution is -2.15. The molecular weight excluding hydrogens is 344 g/mol. The van der Waals surface area contributed by atoms with Crippen LogP contribution in [-0.2, 0) is 10.0 Å². The molecule has 1 heterocycles. The van der Waals surface area contributed by atoms with Gasteiger partial charge in [0, 0.05) is 0 Å². The lowest BCUT2D eigenvalue weighted by molar-refractivity contribution is 0.385. The van der Waals surface area contributed by atoms with Gasteiger partial charge in [-0.05, 0) is 18.2 Å². The highest BCUT2D eigenvalue weighted by Crippen LogP contribution is 2.28. The molecule has 0 unspecified atom stereocenters. The molecule has 0 atom stereocenters. The first kappa shape index (κ1) is 15.7. The predicted octanol–water partition coefficient (Wildman–Crippen LogP) is 2.73. The molecule has 0 fully saturated rings. The third kappa shape index (κ3) is 3.34. The van der Waals surface area contributed by atoms with Crippen molar-refractivity contribution in [3.63, 3.8) is 0 Å². The van der Waals surface area contributed by atoms with Crippen LogP contribution >= 0.6 is 23.2 Å². The second kappa shape index (κ2) is 6.00. The maximum absolute atomic E-state index is 13.6. The van der Waals surface area contributed by atoms with Crippen LogP contribution in [0.15, 0.2) is 29.4 Å². The van der Waals surface area contributed by atoms with Crippen molar-refractivity contribution < 1.29 is 17.5 Å². The van der Waals surface area contributed by atoms with E-state index in [1.807, 2.05) is 0 Å². The molecule has 1 aromatic heterocycles. The van der Waals surface area contributed by atoms with E-state index in [1.54, 1.807) is 0 Å². The molecular formula is C11H8Cl2FN3O3S. The Labute approximate surface area is 129 Å². The van der Waals surface area contributed by atoms with Crippen molar-refractivity contribution in [1.82, 2.24) is 9.97 Å². The van der Waals surface area contributed by atoms with Crippen LogP contribution in [0, 0.1) is 5.82 Å². The number of hydrogen-bond acceptors (Lipinski definition) is 5. The number of nitrogens with one attached hydrogen (secondary N) is 1. The lowest BCUT2D eigenvalue weighted by atomic mass is 10.3.